The van der Waals surface area contributed by atoms with E-state index in [1.54, 1.807) is 12.3 Å². The lowest BCUT2D eigenvalue weighted by Crippen LogP contribution is -2.24. The molecule has 174 valence electrons. The van der Waals surface area contributed by atoms with Gasteiger partial charge in [0.2, 0.25) is 0 Å². The molecule has 1 saturated carbocycles. The molecule has 2 aromatic carbocycles. The fraction of sp³-hybridized carbons (Fsp3) is 0.333. The molecule has 6 nitrogen and oxygen atoms in total. The Hall–Kier alpha value is -3.79. The fourth-order valence-corrected chi connectivity index (χ4v) is 4.63. The molecule has 3 N–H and O–H groups in total. The Labute approximate surface area is 199 Å². The number of nitrogen functional groups attached to an aromatic ring is 1. The van der Waals surface area contributed by atoms with Gasteiger partial charge in [0, 0.05) is 23.9 Å². The minimum atomic E-state index is -0.642. The SMILES string of the molecule is Cc1cc(C)cc(CNC(=O)c2ccc(-c3nc(C4CCC(C#N)CC4)cnc3N)cc2F)c1. The van der Waals surface area contributed by atoms with Gasteiger partial charge in [-0.05, 0) is 57.2 Å². The van der Waals surface area contributed by atoms with Gasteiger partial charge in [-0.1, -0.05) is 35.4 Å². The summed E-state index contributed by atoms with van der Waals surface area (Å²) in [5.41, 5.74) is 10.9. The summed E-state index contributed by atoms with van der Waals surface area (Å²) in [5.74, 6) is -0.612. The third-order valence-corrected chi connectivity index (χ3v) is 6.37. The lowest BCUT2D eigenvalue weighted by Gasteiger charge is -2.24. The van der Waals surface area contributed by atoms with Crippen molar-refractivity contribution in [1.29, 1.82) is 5.26 Å². The number of amides is 1. The molecule has 0 atom stereocenters. The molecule has 1 aliphatic carbocycles. The molecule has 0 aliphatic heterocycles. The number of benzene rings is 2. The van der Waals surface area contributed by atoms with E-state index < -0.39 is 11.7 Å². The summed E-state index contributed by atoms with van der Waals surface area (Å²) in [7, 11) is 0. The van der Waals surface area contributed by atoms with E-state index in [1.165, 1.54) is 12.1 Å². The molecule has 4 rings (SSSR count). The number of carbonyl (C=O) groups excluding carboxylic acids is 1. The number of aromatic nitrogens is 2. The molecule has 1 amide bonds. The Kier molecular flexibility index (Phi) is 6.87. The smallest absolute Gasteiger partial charge is 0.254 e. The minimum Gasteiger partial charge on any atom is -0.382 e. The molecule has 0 bridgehead atoms. The number of nitrogens with zero attached hydrogens (tertiary/aromatic N) is 3. The molecule has 0 unspecified atom stereocenters. The van der Waals surface area contributed by atoms with E-state index in [-0.39, 0.29) is 23.2 Å². The number of nitrogens with one attached hydrogen (secondary N) is 1. The van der Waals surface area contributed by atoms with E-state index in [0.29, 0.717) is 17.8 Å². The van der Waals surface area contributed by atoms with Crippen LogP contribution < -0.4 is 11.1 Å². The summed E-state index contributed by atoms with van der Waals surface area (Å²) >= 11 is 0. The Morgan fingerprint density at radius 3 is 2.50 bits per heavy atom. The van der Waals surface area contributed by atoms with Crippen LogP contribution in [0.2, 0.25) is 0 Å². The van der Waals surface area contributed by atoms with Gasteiger partial charge < -0.3 is 11.1 Å². The zero-order valence-corrected chi connectivity index (χ0v) is 19.4. The molecule has 1 aliphatic rings. The average Bonchev–Trinajstić information content (AvgIpc) is 2.82. The van der Waals surface area contributed by atoms with Crippen molar-refractivity contribution >= 4 is 11.7 Å². The second-order valence-corrected chi connectivity index (χ2v) is 9.08. The second-order valence-electron chi connectivity index (χ2n) is 9.08. The molecular formula is C27H28FN5O. The van der Waals surface area contributed by atoms with Crippen LogP contribution in [0.1, 0.15) is 64.3 Å². The van der Waals surface area contributed by atoms with Gasteiger partial charge in [0.1, 0.15) is 17.3 Å². The van der Waals surface area contributed by atoms with Crippen molar-refractivity contribution in [2.24, 2.45) is 5.92 Å². The van der Waals surface area contributed by atoms with Gasteiger partial charge in [-0.15, -0.1) is 0 Å². The highest BCUT2D eigenvalue weighted by atomic mass is 19.1. The monoisotopic (exact) mass is 457 g/mol. The normalized spacial score (nSPS) is 17.7. The van der Waals surface area contributed by atoms with Crippen molar-refractivity contribution < 1.29 is 9.18 Å². The highest BCUT2D eigenvalue weighted by molar-refractivity contribution is 5.95. The molecule has 3 aromatic rings. The number of rotatable bonds is 5. The van der Waals surface area contributed by atoms with Gasteiger partial charge in [0.15, 0.2) is 0 Å². The average molecular weight is 458 g/mol. The molecular weight excluding hydrogens is 429 g/mol. The van der Waals surface area contributed by atoms with Crippen molar-refractivity contribution in [3.8, 4) is 17.3 Å². The van der Waals surface area contributed by atoms with Crippen LogP contribution >= 0.6 is 0 Å². The quantitative estimate of drug-likeness (QED) is 0.547. The Balaban J connectivity index is 1.50. The summed E-state index contributed by atoms with van der Waals surface area (Å²) in [5, 5.41) is 11.9. The van der Waals surface area contributed by atoms with E-state index in [0.717, 1.165) is 48.1 Å². The molecule has 0 saturated heterocycles. The first-order valence-corrected chi connectivity index (χ1v) is 11.5. The van der Waals surface area contributed by atoms with Gasteiger partial charge in [-0.2, -0.15) is 5.26 Å². The van der Waals surface area contributed by atoms with Crippen LogP contribution in [0.3, 0.4) is 0 Å². The largest absolute Gasteiger partial charge is 0.382 e. The zero-order chi connectivity index (χ0) is 24.2. The van der Waals surface area contributed by atoms with Gasteiger partial charge >= 0.3 is 0 Å². The predicted molar refractivity (Wildman–Crippen MR) is 129 cm³/mol. The Morgan fingerprint density at radius 1 is 1.15 bits per heavy atom. The number of nitriles is 1. The van der Waals surface area contributed by atoms with E-state index in [2.05, 4.69) is 27.4 Å². The van der Waals surface area contributed by atoms with Crippen LogP contribution in [0.5, 0.6) is 0 Å². The summed E-state index contributed by atoms with van der Waals surface area (Å²) < 4.78 is 14.9. The molecule has 1 heterocycles. The number of nitrogens with two attached hydrogens (primary N) is 1. The molecule has 1 aromatic heterocycles. The first-order valence-electron chi connectivity index (χ1n) is 11.5. The van der Waals surface area contributed by atoms with Crippen molar-refractivity contribution in [2.45, 2.75) is 52.0 Å². The number of hydrogen-bond donors (Lipinski definition) is 2. The molecule has 7 heteroatoms. The maximum atomic E-state index is 14.9. The highest BCUT2D eigenvalue weighted by Crippen LogP contribution is 2.36. The van der Waals surface area contributed by atoms with E-state index in [4.69, 9.17) is 11.0 Å². The Bertz CT molecular complexity index is 1240. The summed E-state index contributed by atoms with van der Waals surface area (Å²) in [6, 6.07) is 12.8. The van der Waals surface area contributed by atoms with E-state index in [9.17, 15) is 9.18 Å². The third kappa shape index (κ3) is 5.23. The standard InChI is InChI=1S/C27H28FN5O/c1-16-9-17(2)11-19(10-16)14-32-27(34)22-8-7-21(12-23(22)28)25-26(30)31-15-24(33-25)20-5-3-18(13-29)4-6-20/h7-12,15,18,20H,3-6,14H2,1-2H3,(H2,30,31)(H,32,34). The van der Waals surface area contributed by atoms with Crippen molar-refractivity contribution in [1.82, 2.24) is 15.3 Å². The van der Waals surface area contributed by atoms with Gasteiger partial charge in [-0.25, -0.2) is 14.4 Å². The number of anilines is 1. The molecule has 34 heavy (non-hydrogen) atoms. The number of hydrogen-bond acceptors (Lipinski definition) is 5. The van der Waals surface area contributed by atoms with Crippen LogP contribution in [-0.2, 0) is 6.54 Å². The van der Waals surface area contributed by atoms with Crippen LogP contribution in [0.15, 0.2) is 42.6 Å². The highest BCUT2D eigenvalue weighted by Gasteiger charge is 2.24. The van der Waals surface area contributed by atoms with Crippen LogP contribution in [0, 0.1) is 36.9 Å². The molecule has 0 spiro atoms. The van der Waals surface area contributed by atoms with Crippen molar-refractivity contribution in [2.75, 3.05) is 5.73 Å². The maximum absolute atomic E-state index is 14.9. The Morgan fingerprint density at radius 2 is 1.85 bits per heavy atom. The fourth-order valence-electron chi connectivity index (χ4n) is 4.63. The van der Waals surface area contributed by atoms with Gasteiger partial charge in [-0.3, -0.25) is 4.79 Å². The summed E-state index contributed by atoms with van der Waals surface area (Å²) in [6.07, 6.45) is 5.07. The zero-order valence-electron chi connectivity index (χ0n) is 19.4. The first kappa shape index (κ1) is 23.4. The summed E-state index contributed by atoms with van der Waals surface area (Å²) in [4.78, 5) is 21.6. The third-order valence-electron chi connectivity index (χ3n) is 6.37. The predicted octanol–water partition coefficient (Wildman–Crippen LogP) is 5.21. The first-order chi connectivity index (χ1) is 16.3. The number of halogens is 1. The van der Waals surface area contributed by atoms with E-state index >= 15 is 0 Å². The minimum absolute atomic E-state index is 0.0364. The van der Waals surface area contributed by atoms with Crippen molar-refractivity contribution in [3.63, 3.8) is 0 Å². The maximum Gasteiger partial charge on any atom is 0.254 e. The topological polar surface area (TPSA) is 105 Å². The lowest BCUT2D eigenvalue weighted by atomic mass is 9.81. The van der Waals surface area contributed by atoms with Crippen molar-refractivity contribution in [3.05, 3.63) is 76.4 Å². The second kappa shape index (κ2) is 10.0. The van der Waals surface area contributed by atoms with Crippen LogP contribution in [-0.4, -0.2) is 15.9 Å². The molecule has 1 fully saturated rings. The number of aryl methyl sites for hydroxylation is 2. The number of carbonyl (C=O) groups is 1. The molecule has 0 radical (unpaired) electrons. The summed E-state index contributed by atoms with van der Waals surface area (Å²) in [6.45, 7) is 4.31. The van der Waals surface area contributed by atoms with Gasteiger partial charge in [0.25, 0.3) is 5.91 Å². The van der Waals surface area contributed by atoms with Crippen LogP contribution in [0.25, 0.3) is 11.3 Å². The van der Waals surface area contributed by atoms with E-state index in [1.807, 2.05) is 26.0 Å². The van der Waals surface area contributed by atoms with Crippen LogP contribution in [0.4, 0.5) is 10.2 Å². The van der Waals surface area contributed by atoms with Gasteiger partial charge in [0.05, 0.1) is 23.5 Å². The lowest BCUT2D eigenvalue weighted by molar-refractivity contribution is 0.0947.